The van der Waals surface area contributed by atoms with Crippen LogP contribution < -0.4 is 10.2 Å². The fraction of sp³-hybridized carbons (Fsp3) is 0.750. The summed E-state index contributed by atoms with van der Waals surface area (Å²) in [5.74, 6) is 2.27. The van der Waals surface area contributed by atoms with Crippen LogP contribution in [0.15, 0.2) is 4.47 Å². The van der Waals surface area contributed by atoms with E-state index in [-0.39, 0.29) is 11.1 Å². The van der Waals surface area contributed by atoms with Crippen LogP contribution in [0.4, 0.5) is 5.82 Å². The Hall–Kier alpha value is -0.680. The maximum atomic E-state index is 4.83. The summed E-state index contributed by atoms with van der Waals surface area (Å²) in [5.41, 5.74) is 1.12. The van der Waals surface area contributed by atoms with Crippen LogP contribution in [-0.2, 0) is 0 Å². The molecule has 1 saturated heterocycles. The molecule has 0 bridgehead atoms. The zero-order valence-corrected chi connectivity index (χ0v) is 15.8. The van der Waals surface area contributed by atoms with E-state index in [2.05, 4.69) is 72.7 Å². The zero-order chi connectivity index (χ0) is 16.0. The molecule has 1 fully saturated rings. The highest BCUT2D eigenvalue weighted by Gasteiger charge is 2.37. The molecule has 0 atom stereocenters. The highest BCUT2D eigenvalue weighted by Crippen LogP contribution is 2.32. The molecular weight excluding hydrogens is 328 g/mol. The van der Waals surface area contributed by atoms with Gasteiger partial charge in [0.15, 0.2) is 0 Å². The Labute approximate surface area is 136 Å². The molecule has 0 spiro atoms. The van der Waals surface area contributed by atoms with Gasteiger partial charge in [0.2, 0.25) is 0 Å². The van der Waals surface area contributed by atoms with Crippen molar-refractivity contribution in [3.63, 3.8) is 0 Å². The van der Waals surface area contributed by atoms with E-state index < -0.39 is 0 Å². The van der Waals surface area contributed by atoms with E-state index in [1.54, 1.807) is 0 Å². The Morgan fingerprint density at radius 1 is 1.10 bits per heavy atom. The fourth-order valence-electron chi connectivity index (χ4n) is 3.19. The number of aromatic nitrogens is 2. The largest absolute Gasteiger partial charge is 0.352 e. The second-order valence-electron chi connectivity index (χ2n) is 7.71. The first-order valence-electron chi connectivity index (χ1n) is 7.59. The van der Waals surface area contributed by atoms with E-state index in [0.29, 0.717) is 5.92 Å². The standard InChI is InChI=1S/C16H27BrN4/c1-10(2)13-18-11(3)12(17)14(19-13)21-8-15(4,5)20-16(6,7)9-21/h10,20H,8-9H2,1-7H3. The molecule has 118 valence electrons. The number of nitrogens with one attached hydrogen (secondary N) is 1. The summed E-state index contributed by atoms with van der Waals surface area (Å²) < 4.78 is 1.01. The first-order valence-corrected chi connectivity index (χ1v) is 8.38. The Morgan fingerprint density at radius 3 is 2.10 bits per heavy atom. The summed E-state index contributed by atoms with van der Waals surface area (Å²) in [6.07, 6.45) is 0. The summed E-state index contributed by atoms with van der Waals surface area (Å²) in [7, 11) is 0. The van der Waals surface area contributed by atoms with Crippen LogP contribution in [0.3, 0.4) is 0 Å². The van der Waals surface area contributed by atoms with Crippen molar-refractivity contribution in [3.05, 3.63) is 16.0 Å². The predicted molar refractivity (Wildman–Crippen MR) is 92.1 cm³/mol. The topological polar surface area (TPSA) is 41.1 Å². The van der Waals surface area contributed by atoms with Gasteiger partial charge < -0.3 is 10.2 Å². The lowest BCUT2D eigenvalue weighted by atomic mass is 9.91. The molecule has 1 aromatic heterocycles. The second-order valence-corrected chi connectivity index (χ2v) is 8.50. The minimum Gasteiger partial charge on any atom is -0.352 e. The summed E-state index contributed by atoms with van der Waals surface area (Å²) in [6.45, 7) is 17.2. The Bertz CT molecular complexity index is 521. The molecular formula is C16H27BrN4. The molecule has 1 aliphatic heterocycles. The van der Waals surface area contributed by atoms with E-state index in [9.17, 15) is 0 Å². The maximum Gasteiger partial charge on any atom is 0.147 e. The first kappa shape index (κ1) is 16.7. The lowest BCUT2D eigenvalue weighted by molar-refractivity contribution is 0.225. The molecule has 5 heteroatoms. The van der Waals surface area contributed by atoms with Crippen molar-refractivity contribution in [2.24, 2.45) is 0 Å². The number of anilines is 1. The lowest BCUT2D eigenvalue weighted by Crippen LogP contribution is -2.67. The van der Waals surface area contributed by atoms with Gasteiger partial charge in [-0.25, -0.2) is 9.97 Å². The van der Waals surface area contributed by atoms with Crippen molar-refractivity contribution in [1.29, 1.82) is 0 Å². The highest BCUT2D eigenvalue weighted by atomic mass is 79.9. The number of hydrogen-bond donors (Lipinski definition) is 1. The molecule has 4 nitrogen and oxygen atoms in total. The maximum absolute atomic E-state index is 4.83. The SMILES string of the molecule is Cc1nc(C(C)C)nc(N2CC(C)(C)NC(C)(C)C2)c1Br. The molecule has 1 aliphatic rings. The molecule has 0 saturated carbocycles. The molecule has 2 heterocycles. The third-order valence-electron chi connectivity index (χ3n) is 3.68. The van der Waals surface area contributed by atoms with Gasteiger partial charge in [-0.15, -0.1) is 0 Å². The van der Waals surface area contributed by atoms with Gasteiger partial charge in [-0.05, 0) is 50.5 Å². The van der Waals surface area contributed by atoms with Gasteiger partial charge in [0.05, 0.1) is 10.2 Å². The van der Waals surface area contributed by atoms with Crippen molar-refractivity contribution >= 4 is 21.7 Å². The van der Waals surface area contributed by atoms with Gasteiger partial charge in [-0.3, -0.25) is 0 Å². The Balaban J connectivity index is 2.45. The van der Waals surface area contributed by atoms with Gasteiger partial charge in [0.25, 0.3) is 0 Å². The monoisotopic (exact) mass is 354 g/mol. The molecule has 0 aliphatic carbocycles. The van der Waals surface area contributed by atoms with Crippen LogP contribution in [0.5, 0.6) is 0 Å². The van der Waals surface area contributed by atoms with Crippen LogP contribution in [0.1, 0.15) is 59.0 Å². The number of rotatable bonds is 2. The van der Waals surface area contributed by atoms with Gasteiger partial charge in [-0.2, -0.15) is 0 Å². The van der Waals surface area contributed by atoms with Crippen LogP contribution >= 0.6 is 15.9 Å². The average Bonchev–Trinajstić information content (AvgIpc) is 2.27. The minimum atomic E-state index is 0.0536. The van der Waals surface area contributed by atoms with E-state index >= 15 is 0 Å². The summed E-state index contributed by atoms with van der Waals surface area (Å²) in [5, 5.41) is 3.70. The third kappa shape index (κ3) is 3.75. The number of halogens is 1. The third-order valence-corrected chi connectivity index (χ3v) is 4.61. The fourth-order valence-corrected chi connectivity index (χ4v) is 3.62. The second kappa shape index (κ2) is 5.51. The molecule has 0 aromatic carbocycles. The minimum absolute atomic E-state index is 0.0536. The number of piperazine rings is 1. The van der Waals surface area contributed by atoms with Gasteiger partial charge in [0.1, 0.15) is 11.6 Å². The quantitative estimate of drug-likeness (QED) is 0.880. The Kier molecular flexibility index (Phi) is 4.37. The number of aryl methyl sites for hydroxylation is 1. The normalized spacial score (nSPS) is 20.9. The average molecular weight is 355 g/mol. The highest BCUT2D eigenvalue weighted by molar-refractivity contribution is 9.10. The van der Waals surface area contributed by atoms with Gasteiger partial charge >= 0.3 is 0 Å². The molecule has 0 amide bonds. The molecule has 21 heavy (non-hydrogen) atoms. The van der Waals surface area contributed by atoms with E-state index in [1.165, 1.54) is 0 Å². The molecule has 2 rings (SSSR count). The Morgan fingerprint density at radius 2 is 1.62 bits per heavy atom. The number of nitrogens with zero attached hydrogens (tertiary/aromatic N) is 3. The van der Waals surface area contributed by atoms with Gasteiger partial charge in [-0.1, -0.05) is 13.8 Å². The van der Waals surface area contributed by atoms with Gasteiger partial charge in [0, 0.05) is 30.1 Å². The van der Waals surface area contributed by atoms with Crippen molar-refractivity contribution in [2.45, 2.75) is 65.5 Å². The van der Waals surface area contributed by atoms with Crippen molar-refractivity contribution in [3.8, 4) is 0 Å². The zero-order valence-electron chi connectivity index (χ0n) is 14.2. The first-order chi connectivity index (χ1) is 9.51. The van der Waals surface area contributed by atoms with Crippen LogP contribution in [0.2, 0.25) is 0 Å². The number of hydrogen-bond acceptors (Lipinski definition) is 4. The molecule has 0 unspecified atom stereocenters. The van der Waals surface area contributed by atoms with Crippen molar-refractivity contribution in [2.75, 3.05) is 18.0 Å². The van der Waals surface area contributed by atoms with E-state index in [0.717, 1.165) is 34.9 Å². The van der Waals surface area contributed by atoms with Crippen LogP contribution in [-0.4, -0.2) is 34.1 Å². The smallest absolute Gasteiger partial charge is 0.147 e. The van der Waals surface area contributed by atoms with E-state index in [1.807, 2.05) is 6.92 Å². The summed E-state index contributed by atoms with van der Waals surface area (Å²) in [6, 6.07) is 0. The molecule has 0 radical (unpaired) electrons. The van der Waals surface area contributed by atoms with Crippen molar-refractivity contribution < 1.29 is 0 Å². The van der Waals surface area contributed by atoms with Crippen LogP contribution in [0.25, 0.3) is 0 Å². The lowest BCUT2D eigenvalue weighted by Gasteiger charge is -2.49. The summed E-state index contributed by atoms with van der Waals surface area (Å²) >= 11 is 3.69. The van der Waals surface area contributed by atoms with E-state index in [4.69, 9.17) is 4.98 Å². The molecule has 1 aromatic rings. The van der Waals surface area contributed by atoms with Crippen LogP contribution in [0, 0.1) is 6.92 Å². The van der Waals surface area contributed by atoms with Crippen molar-refractivity contribution in [1.82, 2.24) is 15.3 Å². The molecule has 1 N–H and O–H groups in total. The predicted octanol–water partition coefficient (Wildman–Crippen LogP) is 3.64. The summed E-state index contributed by atoms with van der Waals surface area (Å²) in [4.78, 5) is 11.8.